The Morgan fingerprint density at radius 3 is 2.50 bits per heavy atom. The van der Waals surface area contributed by atoms with Crippen molar-refractivity contribution in [3.8, 4) is 0 Å². The molecule has 2 N–H and O–H groups in total. The lowest BCUT2D eigenvalue weighted by molar-refractivity contribution is -0.143. The summed E-state index contributed by atoms with van der Waals surface area (Å²) >= 11 is 6.02. The predicted molar refractivity (Wildman–Crippen MR) is 78.9 cm³/mol. The van der Waals surface area contributed by atoms with E-state index in [2.05, 4.69) is 5.32 Å². The zero-order valence-electron chi connectivity index (χ0n) is 11.9. The minimum Gasteiger partial charge on any atom is -0.480 e. The maximum Gasteiger partial charge on any atom is 0.326 e. The van der Waals surface area contributed by atoms with E-state index < -0.39 is 12.0 Å². The molecule has 20 heavy (non-hydrogen) atoms. The van der Waals surface area contributed by atoms with Crippen LogP contribution in [0.5, 0.6) is 0 Å². The van der Waals surface area contributed by atoms with Gasteiger partial charge in [-0.25, -0.2) is 4.79 Å². The number of amides is 1. The van der Waals surface area contributed by atoms with Crippen LogP contribution in [0.2, 0.25) is 5.02 Å². The SMILES string of the molecule is Cc1ccc(CCC(=O)N[C@H](C(=O)O)C(C)C)cc1Cl. The van der Waals surface area contributed by atoms with E-state index in [1.165, 1.54) is 0 Å². The average molecular weight is 298 g/mol. The van der Waals surface area contributed by atoms with E-state index in [0.717, 1.165) is 11.1 Å². The first-order valence-corrected chi connectivity index (χ1v) is 6.96. The number of aryl methyl sites for hydroxylation is 2. The summed E-state index contributed by atoms with van der Waals surface area (Å²) in [5.74, 6) is -1.42. The predicted octanol–water partition coefficient (Wildman–Crippen LogP) is 2.81. The van der Waals surface area contributed by atoms with Gasteiger partial charge in [-0.3, -0.25) is 4.79 Å². The van der Waals surface area contributed by atoms with Crippen LogP contribution in [0.3, 0.4) is 0 Å². The molecule has 1 aromatic rings. The van der Waals surface area contributed by atoms with Crippen LogP contribution in [-0.4, -0.2) is 23.0 Å². The summed E-state index contributed by atoms with van der Waals surface area (Å²) in [7, 11) is 0. The molecule has 0 heterocycles. The van der Waals surface area contributed by atoms with Gasteiger partial charge in [0.15, 0.2) is 0 Å². The minimum absolute atomic E-state index is 0.148. The smallest absolute Gasteiger partial charge is 0.326 e. The molecule has 0 aromatic heterocycles. The Balaban J connectivity index is 2.54. The summed E-state index contributed by atoms with van der Waals surface area (Å²) in [5, 5.41) is 12.2. The van der Waals surface area contributed by atoms with Crippen LogP contribution in [-0.2, 0) is 16.0 Å². The van der Waals surface area contributed by atoms with Gasteiger partial charge in [-0.2, -0.15) is 0 Å². The number of hydrogen-bond acceptors (Lipinski definition) is 2. The summed E-state index contributed by atoms with van der Waals surface area (Å²) in [6.07, 6.45) is 0.784. The highest BCUT2D eigenvalue weighted by atomic mass is 35.5. The number of carboxylic acid groups (broad SMARTS) is 1. The second-order valence-electron chi connectivity index (χ2n) is 5.21. The van der Waals surface area contributed by atoms with Gasteiger partial charge in [0, 0.05) is 11.4 Å². The fourth-order valence-electron chi connectivity index (χ4n) is 1.81. The zero-order valence-corrected chi connectivity index (χ0v) is 12.7. The molecular formula is C15H20ClNO3. The molecule has 1 aromatic carbocycles. The van der Waals surface area contributed by atoms with Crippen molar-refractivity contribution in [1.29, 1.82) is 0 Å². The van der Waals surface area contributed by atoms with E-state index in [9.17, 15) is 9.59 Å². The van der Waals surface area contributed by atoms with Crippen LogP contribution in [0.1, 0.15) is 31.4 Å². The maximum absolute atomic E-state index is 11.8. The van der Waals surface area contributed by atoms with Crippen molar-refractivity contribution in [3.05, 3.63) is 34.3 Å². The number of hydrogen-bond donors (Lipinski definition) is 2. The molecule has 0 saturated heterocycles. The van der Waals surface area contributed by atoms with Gasteiger partial charge in [-0.05, 0) is 36.5 Å². The molecule has 4 nitrogen and oxygen atoms in total. The van der Waals surface area contributed by atoms with Crippen molar-refractivity contribution in [3.63, 3.8) is 0 Å². The first-order valence-electron chi connectivity index (χ1n) is 6.58. The standard InChI is InChI=1S/C15H20ClNO3/c1-9(2)14(15(19)20)17-13(18)7-6-11-5-4-10(3)12(16)8-11/h4-5,8-9,14H,6-7H2,1-3H3,(H,17,18)(H,19,20)/t14-/m0/s1. The van der Waals surface area contributed by atoms with Gasteiger partial charge in [-0.1, -0.05) is 37.6 Å². The highest BCUT2D eigenvalue weighted by molar-refractivity contribution is 6.31. The molecule has 1 amide bonds. The Hall–Kier alpha value is -1.55. The quantitative estimate of drug-likeness (QED) is 0.848. The molecule has 0 fully saturated rings. The molecule has 1 atom stereocenters. The highest BCUT2D eigenvalue weighted by Gasteiger charge is 2.22. The van der Waals surface area contributed by atoms with E-state index in [0.29, 0.717) is 11.4 Å². The lowest BCUT2D eigenvalue weighted by atomic mass is 10.0. The van der Waals surface area contributed by atoms with Crippen LogP contribution in [0.4, 0.5) is 0 Å². The molecule has 0 aliphatic carbocycles. The molecule has 5 heteroatoms. The number of aliphatic carboxylic acids is 1. The number of benzene rings is 1. The fraction of sp³-hybridized carbons (Fsp3) is 0.467. The van der Waals surface area contributed by atoms with Gasteiger partial charge in [0.1, 0.15) is 6.04 Å². The monoisotopic (exact) mass is 297 g/mol. The van der Waals surface area contributed by atoms with Crippen LogP contribution in [0.25, 0.3) is 0 Å². The van der Waals surface area contributed by atoms with E-state index in [1.807, 2.05) is 25.1 Å². The summed E-state index contributed by atoms with van der Waals surface area (Å²) in [6.45, 7) is 5.44. The molecule has 110 valence electrons. The van der Waals surface area contributed by atoms with Crippen molar-refractivity contribution in [2.75, 3.05) is 0 Å². The molecule has 0 aliphatic heterocycles. The van der Waals surface area contributed by atoms with Gasteiger partial charge in [0.2, 0.25) is 5.91 Å². The third kappa shape index (κ3) is 4.85. The summed E-state index contributed by atoms with van der Waals surface area (Å²) in [4.78, 5) is 22.8. The molecule has 0 aliphatic rings. The molecule has 1 rings (SSSR count). The van der Waals surface area contributed by atoms with Gasteiger partial charge in [-0.15, -0.1) is 0 Å². The van der Waals surface area contributed by atoms with Crippen molar-refractivity contribution in [1.82, 2.24) is 5.32 Å². The first-order chi connectivity index (χ1) is 9.31. The Bertz CT molecular complexity index is 500. The van der Waals surface area contributed by atoms with Gasteiger partial charge in [0.25, 0.3) is 0 Å². The topological polar surface area (TPSA) is 66.4 Å². The zero-order chi connectivity index (χ0) is 15.3. The molecular weight excluding hydrogens is 278 g/mol. The summed E-state index contributed by atoms with van der Waals surface area (Å²) < 4.78 is 0. The number of rotatable bonds is 6. The lowest BCUT2D eigenvalue weighted by Gasteiger charge is -2.17. The molecule has 0 radical (unpaired) electrons. The number of halogens is 1. The molecule has 0 unspecified atom stereocenters. The van der Waals surface area contributed by atoms with Crippen LogP contribution >= 0.6 is 11.6 Å². The number of carboxylic acids is 1. The second kappa shape index (κ2) is 7.29. The van der Waals surface area contributed by atoms with E-state index in [-0.39, 0.29) is 18.2 Å². The average Bonchev–Trinajstić information content (AvgIpc) is 2.36. The third-order valence-corrected chi connectivity index (χ3v) is 3.53. The number of nitrogens with one attached hydrogen (secondary N) is 1. The lowest BCUT2D eigenvalue weighted by Crippen LogP contribution is -2.44. The largest absolute Gasteiger partial charge is 0.480 e. The van der Waals surface area contributed by atoms with Gasteiger partial charge >= 0.3 is 5.97 Å². The second-order valence-corrected chi connectivity index (χ2v) is 5.62. The van der Waals surface area contributed by atoms with Gasteiger partial charge < -0.3 is 10.4 Å². The molecule has 0 bridgehead atoms. The van der Waals surface area contributed by atoms with Crippen molar-refractivity contribution in [2.24, 2.45) is 5.92 Å². The minimum atomic E-state index is -1.01. The fourth-order valence-corrected chi connectivity index (χ4v) is 2.01. The maximum atomic E-state index is 11.8. The van der Waals surface area contributed by atoms with Crippen molar-refractivity contribution >= 4 is 23.5 Å². The van der Waals surface area contributed by atoms with Crippen LogP contribution in [0.15, 0.2) is 18.2 Å². The van der Waals surface area contributed by atoms with E-state index in [1.54, 1.807) is 13.8 Å². The van der Waals surface area contributed by atoms with Crippen molar-refractivity contribution in [2.45, 2.75) is 39.7 Å². The Kier molecular flexibility index (Phi) is 6.02. The summed E-state index contributed by atoms with van der Waals surface area (Å²) in [6, 6.07) is 4.82. The Morgan fingerprint density at radius 2 is 2.00 bits per heavy atom. The third-order valence-electron chi connectivity index (χ3n) is 3.13. The van der Waals surface area contributed by atoms with Gasteiger partial charge in [0.05, 0.1) is 0 Å². The Labute approximate surface area is 124 Å². The van der Waals surface area contributed by atoms with Crippen molar-refractivity contribution < 1.29 is 14.7 Å². The highest BCUT2D eigenvalue weighted by Crippen LogP contribution is 2.17. The van der Waals surface area contributed by atoms with E-state index >= 15 is 0 Å². The molecule has 0 saturated carbocycles. The van der Waals surface area contributed by atoms with Crippen LogP contribution in [0, 0.1) is 12.8 Å². The summed E-state index contributed by atoms with van der Waals surface area (Å²) in [5.41, 5.74) is 1.96. The normalized spacial score (nSPS) is 12.2. The first kappa shape index (κ1) is 16.5. The Morgan fingerprint density at radius 1 is 1.35 bits per heavy atom. The number of carbonyl (C=O) groups is 2. The van der Waals surface area contributed by atoms with E-state index in [4.69, 9.17) is 16.7 Å². The number of carbonyl (C=O) groups excluding carboxylic acids is 1. The molecule has 0 spiro atoms. The van der Waals surface area contributed by atoms with Crippen LogP contribution < -0.4 is 5.32 Å².